The van der Waals surface area contributed by atoms with E-state index in [4.69, 9.17) is 35.3 Å². The predicted molar refractivity (Wildman–Crippen MR) is 188 cm³/mol. The normalized spacial score (nSPS) is 30.3. The number of anilines is 1. The lowest BCUT2D eigenvalue weighted by atomic mass is 9.85. The Balaban J connectivity index is 1.70. The zero-order valence-corrected chi connectivity index (χ0v) is 31.2. The first-order valence-electron chi connectivity index (χ1n) is 16.8. The molecule has 1 aromatic carbocycles. The van der Waals surface area contributed by atoms with Gasteiger partial charge >= 0.3 is 12.1 Å². The first-order chi connectivity index (χ1) is 23.6. The molecule has 14 heteroatoms. The summed E-state index contributed by atoms with van der Waals surface area (Å²) >= 11 is 6.74. The number of nitrogens with one attached hydrogen (secondary N) is 1. The number of carbonyl (C=O) groups excluding carboxylic acids is 4. The Morgan fingerprint density at radius 1 is 1.18 bits per heavy atom. The highest BCUT2D eigenvalue weighted by atomic mass is 35.5. The van der Waals surface area contributed by atoms with Gasteiger partial charge in [0.1, 0.15) is 35.1 Å². The summed E-state index contributed by atoms with van der Waals surface area (Å²) in [6.45, 7) is 5.89. The van der Waals surface area contributed by atoms with Crippen molar-refractivity contribution in [1.82, 2.24) is 15.1 Å². The van der Waals surface area contributed by atoms with Crippen molar-refractivity contribution in [2.75, 3.05) is 60.4 Å². The molecule has 3 aliphatic heterocycles. The maximum Gasteiger partial charge on any atom is 0.407 e. The maximum absolute atomic E-state index is 14.0. The summed E-state index contributed by atoms with van der Waals surface area (Å²) in [7, 11) is 9.96. The zero-order valence-electron chi connectivity index (χ0n) is 30.5. The molecule has 4 rings (SSSR count). The van der Waals surface area contributed by atoms with Gasteiger partial charge in [0.2, 0.25) is 11.8 Å². The molecule has 3 amide bonds. The maximum atomic E-state index is 14.0. The van der Waals surface area contributed by atoms with Crippen LogP contribution in [0.4, 0.5) is 10.5 Å². The molecular formula is C36H51ClN4O9. The molecule has 3 unspecified atom stereocenters. The number of allylic oxidation sites excluding steroid dienone is 3. The van der Waals surface area contributed by atoms with Crippen LogP contribution in [-0.2, 0) is 39.8 Å². The number of epoxide rings is 1. The number of likely N-dealkylation sites (N-methyl/N-ethyl adjacent to an activating group) is 1. The van der Waals surface area contributed by atoms with Gasteiger partial charge in [-0.05, 0) is 52.1 Å². The van der Waals surface area contributed by atoms with Crippen LogP contribution in [0.3, 0.4) is 0 Å². The number of hydrogen-bond acceptors (Lipinski definition) is 10. The van der Waals surface area contributed by atoms with Crippen molar-refractivity contribution < 1.29 is 42.9 Å². The van der Waals surface area contributed by atoms with E-state index in [1.54, 1.807) is 21.1 Å². The first-order valence-corrected chi connectivity index (χ1v) is 17.2. The Labute approximate surface area is 299 Å². The quantitative estimate of drug-likeness (QED) is 0.312. The molecule has 7 atom stereocenters. The van der Waals surface area contributed by atoms with E-state index in [1.165, 1.54) is 24.0 Å². The van der Waals surface area contributed by atoms with Gasteiger partial charge in [0.15, 0.2) is 0 Å². The van der Waals surface area contributed by atoms with Crippen molar-refractivity contribution in [2.45, 2.75) is 82.5 Å². The van der Waals surface area contributed by atoms with Crippen molar-refractivity contribution >= 4 is 41.2 Å². The fourth-order valence-electron chi connectivity index (χ4n) is 6.54. The van der Waals surface area contributed by atoms with Crippen LogP contribution in [0, 0.1) is 5.92 Å². The van der Waals surface area contributed by atoms with Crippen LogP contribution in [0.2, 0.25) is 5.02 Å². The lowest BCUT2D eigenvalue weighted by molar-refractivity contribution is -0.157. The highest BCUT2D eigenvalue weighted by molar-refractivity contribution is 6.35. The van der Waals surface area contributed by atoms with Gasteiger partial charge in [-0.1, -0.05) is 42.3 Å². The Morgan fingerprint density at radius 2 is 1.90 bits per heavy atom. The Bertz CT molecular complexity index is 1500. The average molecular weight is 719 g/mol. The SMILES string of the molecule is COc1cc2cc(c1Cl)N(C)C(=O)C[C@H](OC(=O)CN(C)C(=O)CCN(C)C)[C@]1(C)OC1[C@H](C)C1CC(NC(=O)O1)[C@H](OC)/C=C/C=C(\C)C2. The number of ether oxygens (including phenoxy) is 5. The van der Waals surface area contributed by atoms with E-state index < -0.39 is 42.1 Å². The number of hydrogen-bond donors (Lipinski definition) is 1. The minimum Gasteiger partial charge on any atom is -0.495 e. The summed E-state index contributed by atoms with van der Waals surface area (Å²) in [5.41, 5.74) is 1.21. The number of halogens is 1. The van der Waals surface area contributed by atoms with E-state index in [9.17, 15) is 19.2 Å². The van der Waals surface area contributed by atoms with Gasteiger partial charge in [0.05, 0.1) is 37.5 Å². The first kappa shape index (κ1) is 39.1. The van der Waals surface area contributed by atoms with E-state index in [-0.39, 0.29) is 48.2 Å². The summed E-state index contributed by atoms with van der Waals surface area (Å²) < 4.78 is 29.3. The number of amides is 3. The Hall–Kier alpha value is -3.65. The summed E-state index contributed by atoms with van der Waals surface area (Å²) in [6.07, 6.45) is 3.60. The smallest absolute Gasteiger partial charge is 0.407 e. The van der Waals surface area contributed by atoms with E-state index in [0.717, 1.165) is 11.1 Å². The van der Waals surface area contributed by atoms with Gasteiger partial charge < -0.3 is 43.7 Å². The minimum atomic E-state index is -1.10. The van der Waals surface area contributed by atoms with Crippen molar-refractivity contribution in [3.05, 3.63) is 46.5 Å². The molecule has 0 aliphatic carbocycles. The second-order valence-corrected chi connectivity index (χ2v) is 14.2. The van der Waals surface area contributed by atoms with Crippen LogP contribution in [0.1, 0.15) is 45.6 Å². The topological polar surface area (TPSA) is 139 Å². The molecular weight excluding hydrogens is 668 g/mol. The van der Waals surface area contributed by atoms with Crippen molar-refractivity contribution in [1.29, 1.82) is 0 Å². The lowest BCUT2D eigenvalue weighted by Gasteiger charge is -2.36. The summed E-state index contributed by atoms with van der Waals surface area (Å²) in [5.74, 6) is -1.20. The molecule has 1 aromatic rings. The molecule has 276 valence electrons. The van der Waals surface area contributed by atoms with E-state index in [0.29, 0.717) is 30.8 Å². The molecule has 4 bridgehead atoms. The number of benzene rings is 1. The molecule has 13 nitrogen and oxygen atoms in total. The summed E-state index contributed by atoms with van der Waals surface area (Å²) in [6, 6.07) is 3.29. The molecule has 0 radical (unpaired) electrons. The summed E-state index contributed by atoms with van der Waals surface area (Å²) in [5, 5.41) is 3.14. The largest absolute Gasteiger partial charge is 0.495 e. The zero-order chi connectivity index (χ0) is 36.9. The predicted octanol–water partition coefficient (Wildman–Crippen LogP) is 3.76. The van der Waals surface area contributed by atoms with Gasteiger partial charge in [0.25, 0.3) is 0 Å². The molecule has 0 aromatic heterocycles. The number of nitrogens with zero attached hydrogens (tertiary/aromatic N) is 3. The fourth-order valence-corrected chi connectivity index (χ4v) is 6.85. The van der Waals surface area contributed by atoms with E-state index >= 15 is 0 Å². The monoisotopic (exact) mass is 718 g/mol. The Morgan fingerprint density at radius 3 is 2.56 bits per heavy atom. The highest BCUT2D eigenvalue weighted by Gasteiger charge is 2.63. The van der Waals surface area contributed by atoms with Crippen molar-refractivity contribution in [2.24, 2.45) is 5.92 Å². The molecule has 0 saturated carbocycles. The van der Waals surface area contributed by atoms with Gasteiger partial charge in [-0.2, -0.15) is 0 Å². The number of methoxy groups -OCH3 is 2. The average Bonchev–Trinajstić information content (AvgIpc) is 3.76. The minimum absolute atomic E-state index is 0.215. The number of alkyl carbamates (subject to hydrolysis) is 1. The number of esters is 1. The van der Waals surface area contributed by atoms with E-state index in [1.807, 2.05) is 63.2 Å². The van der Waals surface area contributed by atoms with Crippen LogP contribution < -0.4 is 15.0 Å². The van der Waals surface area contributed by atoms with Crippen LogP contribution in [0.25, 0.3) is 0 Å². The van der Waals surface area contributed by atoms with Crippen molar-refractivity contribution in [3.63, 3.8) is 0 Å². The second-order valence-electron chi connectivity index (χ2n) is 13.9. The lowest BCUT2D eigenvalue weighted by Crippen LogP contribution is -2.53. The van der Waals surface area contributed by atoms with Gasteiger partial charge in [-0.25, -0.2) is 4.79 Å². The number of fused-ring (bicyclic) bond motifs is 5. The third kappa shape index (κ3) is 9.36. The third-order valence-electron chi connectivity index (χ3n) is 9.71. The molecule has 2 fully saturated rings. The molecule has 50 heavy (non-hydrogen) atoms. The highest BCUT2D eigenvalue weighted by Crippen LogP contribution is 2.48. The van der Waals surface area contributed by atoms with Gasteiger partial charge in [-0.3, -0.25) is 14.4 Å². The molecule has 3 heterocycles. The standard InChI is InChI=1S/C36H51ClN4O9/c1-21-11-10-12-26(46-8)24-18-27(48-35(45)38-24)22(2)34-36(3,50-34)29(49-32(44)20-40(6)30(42)13-14-39(4)5)19-31(43)41(7)25-16-23(15-21)17-28(47-9)33(25)37/h10-12,16-17,22,24,26-27,29,34H,13-15,18-20H2,1-9H3,(H,38,45)/b12-10+,21-11+/t22-,24?,26-,27?,29+,34?,36+/m1/s1. The van der Waals surface area contributed by atoms with Crippen LogP contribution in [-0.4, -0.2) is 125 Å². The van der Waals surface area contributed by atoms with E-state index in [2.05, 4.69) is 5.32 Å². The molecule has 0 spiro atoms. The third-order valence-corrected chi connectivity index (χ3v) is 10.1. The molecule has 1 N–H and O–H groups in total. The number of carbonyl (C=O) groups is 4. The van der Waals surface area contributed by atoms with Crippen LogP contribution in [0.5, 0.6) is 5.75 Å². The number of rotatable bonds is 8. The fraction of sp³-hybridized carbons (Fsp3) is 0.611. The summed E-state index contributed by atoms with van der Waals surface area (Å²) in [4.78, 5) is 57.4. The Kier molecular flexibility index (Phi) is 13.0. The molecule has 3 aliphatic rings. The van der Waals surface area contributed by atoms with Crippen molar-refractivity contribution in [3.8, 4) is 5.75 Å². The molecule has 2 saturated heterocycles. The van der Waals surface area contributed by atoms with Gasteiger partial charge in [0, 0.05) is 46.5 Å². The van der Waals surface area contributed by atoms with Gasteiger partial charge in [-0.15, -0.1) is 0 Å². The van der Waals surface area contributed by atoms with Crippen LogP contribution >= 0.6 is 11.6 Å². The second kappa shape index (κ2) is 16.6. The van der Waals surface area contributed by atoms with Crippen LogP contribution in [0.15, 0.2) is 35.9 Å².